The molecule has 4 N–H and O–H groups in total. The Morgan fingerprint density at radius 2 is 1.77 bits per heavy atom. The molecule has 0 aliphatic heterocycles. The maximum Gasteiger partial charge on any atom is 0.258 e. The van der Waals surface area contributed by atoms with Crippen LogP contribution in [0, 0.1) is 0 Å². The minimum Gasteiger partial charge on any atom is -0.366 e. The van der Waals surface area contributed by atoms with Gasteiger partial charge in [-0.2, -0.15) is 0 Å². The minimum atomic E-state index is -0.546. The molecule has 0 saturated carbocycles. The molecule has 0 fully saturated rings. The van der Waals surface area contributed by atoms with Gasteiger partial charge in [0.15, 0.2) is 0 Å². The van der Waals surface area contributed by atoms with E-state index < -0.39 is 5.91 Å². The topological polar surface area (TPSA) is 136 Å². The number of amides is 2. The van der Waals surface area contributed by atoms with E-state index in [0.29, 0.717) is 33.5 Å². The van der Waals surface area contributed by atoms with Crippen molar-refractivity contribution in [3.63, 3.8) is 0 Å². The number of nitrogens with one attached hydrogen (secondary N) is 2. The number of rotatable bonds is 6. The number of nitrogens with zero attached hydrogens (tertiary/aromatic N) is 4. The van der Waals surface area contributed by atoms with Crippen molar-refractivity contribution in [1.29, 1.82) is 0 Å². The fourth-order valence-corrected chi connectivity index (χ4v) is 3.20. The summed E-state index contributed by atoms with van der Waals surface area (Å²) in [5.41, 5.74) is 8.23. The van der Waals surface area contributed by atoms with Gasteiger partial charge >= 0.3 is 0 Å². The number of anilines is 2. The maximum absolute atomic E-state index is 12.4. The molecule has 2 amide bonds. The molecule has 0 saturated heterocycles. The van der Waals surface area contributed by atoms with Crippen LogP contribution in [-0.2, 0) is 0 Å². The Hall–Kier alpha value is -4.40. The summed E-state index contributed by atoms with van der Waals surface area (Å²) in [5, 5.41) is 6.88. The standard InChI is InChI=1S/C22H19N7O2/c1-13(28-21-18-7-3-6-17(20(23)30)19(18)26-12-27-21)14-4-2-5-16(8-14)29-22(31)15-9-24-11-25-10-15/h2-13H,1H3,(H2,23,30)(H,29,31)(H,26,27,28). The van der Waals surface area contributed by atoms with Crippen LogP contribution in [0.15, 0.2) is 67.5 Å². The molecule has 4 rings (SSSR count). The molecule has 0 spiro atoms. The number of carbonyl (C=O) groups is 2. The van der Waals surface area contributed by atoms with E-state index in [-0.39, 0.29) is 11.9 Å². The third-order valence-electron chi connectivity index (χ3n) is 4.75. The van der Waals surface area contributed by atoms with Crippen LogP contribution < -0.4 is 16.4 Å². The average Bonchev–Trinajstić information content (AvgIpc) is 2.79. The van der Waals surface area contributed by atoms with Crippen LogP contribution in [0.5, 0.6) is 0 Å². The van der Waals surface area contributed by atoms with E-state index in [9.17, 15) is 9.59 Å². The number of para-hydroxylation sites is 1. The molecular weight excluding hydrogens is 394 g/mol. The molecule has 9 nitrogen and oxygen atoms in total. The second kappa shape index (κ2) is 8.54. The van der Waals surface area contributed by atoms with Crippen LogP contribution in [0.3, 0.4) is 0 Å². The van der Waals surface area contributed by atoms with Crippen molar-refractivity contribution in [3.8, 4) is 0 Å². The summed E-state index contributed by atoms with van der Waals surface area (Å²) in [6, 6.07) is 12.5. The Bertz CT molecular complexity index is 1260. The molecule has 154 valence electrons. The van der Waals surface area contributed by atoms with Crippen molar-refractivity contribution >= 4 is 34.2 Å². The molecule has 2 aromatic carbocycles. The molecule has 9 heteroatoms. The normalized spacial score (nSPS) is 11.6. The molecule has 0 bridgehead atoms. The quantitative estimate of drug-likeness (QED) is 0.442. The monoisotopic (exact) mass is 413 g/mol. The van der Waals surface area contributed by atoms with Gasteiger partial charge in [0.05, 0.1) is 22.7 Å². The van der Waals surface area contributed by atoms with Gasteiger partial charge in [0.1, 0.15) is 18.5 Å². The minimum absolute atomic E-state index is 0.146. The molecule has 0 radical (unpaired) electrons. The summed E-state index contributed by atoms with van der Waals surface area (Å²) in [4.78, 5) is 40.3. The van der Waals surface area contributed by atoms with Crippen molar-refractivity contribution in [3.05, 3.63) is 84.2 Å². The highest BCUT2D eigenvalue weighted by Crippen LogP contribution is 2.26. The summed E-state index contributed by atoms with van der Waals surface area (Å²) < 4.78 is 0. The van der Waals surface area contributed by atoms with Gasteiger partial charge in [-0.3, -0.25) is 9.59 Å². The molecule has 31 heavy (non-hydrogen) atoms. The van der Waals surface area contributed by atoms with Gasteiger partial charge < -0.3 is 16.4 Å². The number of nitrogens with two attached hydrogens (primary N) is 1. The van der Waals surface area contributed by atoms with Crippen LogP contribution in [0.2, 0.25) is 0 Å². The first-order valence-corrected chi connectivity index (χ1v) is 9.49. The van der Waals surface area contributed by atoms with Crippen LogP contribution in [-0.4, -0.2) is 31.8 Å². The molecule has 2 heterocycles. The van der Waals surface area contributed by atoms with Crippen LogP contribution in [0.4, 0.5) is 11.5 Å². The second-order valence-corrected chi connectivity index (χ2v) is 6.86. The largest absolute Gasteiger partial charge is 0.366 e. The molecule has 4 aromatic rings. The fourth-order valence-electron chi connectivity index (χ4n) is 3.20. The SMILES string of the molecule is CC(Nc1ncnc2c(C(N)=O)cccc12)c1cccc(NC(=O)c2cncnc2)c1. The van der Waals surface area contributed by atoms with Crippen molar-refractivity contribution in [2.45, 2.75) is 13.0 Å². The zero-order valence-corrected chi connectivity index (χ0v) is 16.6. The molecule has 1 atom stereocenters. The number of hydrogen-bond donors (Lipinski definition) is 3. The van der Waals surface area contributed by atoms with Gasteiger partial charge in [-0.15, -0.1) is 0 Å². The molecular formula is C22H19N7O2. The summed E-state index contributed by atoms with van der Waals surface area (Å²) in [6.45, 7) is 1.97. The fraction of sp³-hybridized carbons (Fsp3) is 0.0909. The highest BCUT2D eigenvalue weighted by atomic mass is 16.2. The number of carbonyl (C=O) groups excluding carboxylic acids is 2. The average molecular weight is 413 g/mol. The molecule has 1 unspecified atom stereocenters. The van der Waals surface area contributed by atoms with E-state index in [1.807, 2.05) is 31.2 Å². The van der Waals surface area contributed by atoms with Crippen molar-refractivity contribution in [2.75, 3.05) is 10.6 Å². The lowest BCUT2D eigenvalue weighted by Crippen LogP contribution is -2.14. The first kappa shape index (κ1) is 19.9. The molecule has 0 aliphatic rings. The predicted octanol–water partition coefficient (Wildman–Crippen LogP) is 2.94. The van der Waals surface area contributed by atoms with E-state index in [1.54, 1.807) is 18.2 Å². The lowest BCUT2D eigenvalue weighted by Gasteiger charge is -2.17. The van der Waals surface area contributed by atoms with Gasteiger partial charge in [0, 0.05) is 23.5 Å². The van der Waals surface area contributed by atoms with Crippen LogP contribution in [0.1, 0.15) is 39.2 Å². The van der Waals surface area contributed by atoms with E-state index in [2.05, 4.69) is 30.6 Å². The number of primary amides is 1. The first-order chi connectivity index (χ1) is 15.0. The second-order valence-electron chi connectivity index (χ2n) is 6.86. The van der Waals surface area contributed by atoms with Gasteiger partial charge in [0.2, 0.25) is 0 Å². The smallest absolute Gasteiger partial charge is 0.258 e. The first-order valence-electron chi connectivity index (χ1n) is 9.49. The zero-order valence-electron chi connectivity index (χ0n) is 16.6. The summed E-state index contributed by atoms with van der Waals surface area (Å²) >= 11 is 0. The predicted molar refractivity (Wildman–Crippen MR) is 117 cm³/mol. The number of aromatic nitrogens is 4. The van der Waals surface area contributed by atoms with Gasteiger partial charge in [-0.25, -0.2) is 19.9 Å². The van der Waals surface area contributed by atoms with E-state index >= 15 is 0 Å². The van der Waals surface area contributed by atoms with Crippen LogP contribution in [0.25, 0.3) is 10.9 Å². The van der Waals surface area contributed by atoms with E-state index in [0.717, 1.165) is 5.56 Å². The van der Waals surface area contributed by atoms with E-state index in [4.69, 9.17) is 5.73 Å². The van der Waals surface area contributed by atoms with Gasteiger partial charge in [0.25, 0.3) is 11.8 Å². The number of fused-ring (bicyclic) bond motifs is 1. The third-order valence-corrected chi connectivity index (χ3v) is 4.75. The van der Waals surface area contributed by atoms with Crippen molar-refractivity contribution < 1.29 is 9.59 Å². The third kappa shape index (κ3) is 4.30. The van der Waals surface area contributed by atoms with E-state index in [1.165, 1.54) is 25.0 Å². The zero-order chi connectivity index (χ0) is 21.8. The Kier molecular flexibility index (Phi) is 5.48. The lowest BCUT2D eigenvalue weighted by molar-refractivity contribution is 0.0998. The Labute approximate surface area is 177 Å². The Morgan fingerprint density at radius 3 is 2.55 bits per heavy atom. The number of benzene rings is 2. The summed E-state index contributed by atoms with van der Waals surface area (Å²) in [5.74, 6) is -0.258. The number of hydrogen-bond acceptors (Lipinski definition) is 7. The summed E-state index contributed by atoms with van der Waals surface area (Å²) in [6.07, 6.45) is 5.67. The van der Waals surface area contributed by atoms with Gasteiger partial charge in [-0.1, -0.05) is 18.2 Å². The molecule has 0 aliphatic carbocycles. The Balaban J connectivity index is 1.56. The van der Waals surface area contributed by atoms with Crippen LogP contribution >= 0.6 is 0 Å². The highest BCUT2D eigenvalue weighted by Gasteiger charge is 2.14. The molecule has 2 aromatic heterocycles. The van der Waals surface area contributed by atoms with Crippen molar-refractivity contribution in [2.24, 2.45) is 5.73 Å². The lowest BCUT2D eigenvalue weighted by atomic mass is 10.1. The maximum atomic E-state index is 12.4. The summed E-state index contributed by atoms with van der Waals surface area (Å²) in [7, 11) is 0. The highest BCUT2D eigenvalue weighted by molar-refractivity contribution is 6.07. The van der Waals surface area contributed by atoms with Crippen molar-refractivity contribution in [1.82, 2.24) is 19.9 Å². The van der Waals surface area contributed by atoms with Gasteiger partial charge in [-0.05, 0) is 36.8 Å². The Morgan fingerprint density at radius 1 is 1.00 bits per heavy atom.